The summed E-state index contributed by atoms with van der Waals surface area (Å²) >= 11 is 0. The highest BCUT2D eigenvalue weighted by molar-refractivity contribution is 14.0. The standard InChI is InChI=1S/C21H34N4O4.HI/c1-21(2,3)29-19(26)15-24-20(22-4)23-14-18(25-10-12-28-13-11-25)16-6-8-17(27-5)9-7-16;/h6-9,18H,10-15H2,1-5H3,(H2,22,23,24);1H. The molecular weight excluding hydrogens is 499 g/mol. The zero-order valence-corrected chi connectivity index (χ0v) is 20.9. The van der Waals surface area contributed by atoms with Gasteiger partial charge in [-0.3, -0.25) is 14.7 Å². The third kappa shape index (κ3) is 9.05. The highest BCUT2D eigenvalue weighted by Gasteiger charge is 2.23. The molecule has 1 saturated heterocycles. The highest BCUT2D eigenvalue weighted by atomic mass is 127. The molecule has 0 aliphatic carbocycles. The summed E-state index contributed by atoms with van der Waals surface area (Å²) in [7, 11) is 3.35. The van der Waals surface area contributed by atoms with Crippen molar-refractivity contribution >= 4 is 35.9 Å². The van der Waals surface area contributed by atoms with Crippen molar-refractivity contribution in [3.63, 3.8) is 0 Å². The maximum atomic E-state index is 11.9. The molecule has 170 valence electrons. The van der Waals surface area contributed by atoms with E-state index in [9.17, 15) is 4.79 Å². The monoisotopic (exact) mass is 534 g/mol. The number of methoxy groups -OCH3 is 1. The van der Waals surface area contributed by atoms with Crippen LogP contribution in [0.2, 0.25) is 0 Å². The van der Waals surface area contributed by atoms with Gasteiger partial charge in [0.05, 0.1) is 26.4 Å². The third-order valence-corrected chi connectivity index (χ3v) is 4.49. The van der Waals surface area contributed by atoms with Crippen LogP contribution in [0.3, 0.4) is 0 Å². The van der Waals surface area contributed by atoms with E-state index in [0.717, 1.165) is 32.1 Å². The molecule has 1 unspecified atom stereocenters. The minimum absolute atomic E-state index is 0. The summed E-state index contributed by atoms with van der Waals surface area (Å²) in [5.74, 6) is 1.07. The van der Waals surface area contributed by atoms with Crippen LogP contribution in [0.5, 0.6) is 5.75 Å². The molecule has 1 aliphatic rings. The molecule has 0 spiro atoms. The smallest absolute Gasteiger partial charge is 0.325 e. The van der Waals surface area contributed by atoms with Crippen molar-refractivity contribution in [2.75, 3.05) is 53.6 Å². The minimum Gasteiger partial charge on any atom is -0.497 e. The predicted octanol–water partition coefficient (Wildman–Crippen LogP) is 2.19. The molecule has 30 heavy (non-hydrogen) atoms. The van der Waals surface area contributed by atoms with Crippen molar-refractivity contribution in [2.24, 2.45) is 4.99 Å². The Morgan fingerprint density at radius 3 is 2.37 bits per heavy atom. The largest absolute Gasteiger partial charge is 0.497 e. The summed E-state index contributed by atoms with van der Waals surface area (Å²) in [4.78, 5) is 18.6. The fourth-order valence-electron chi connectivity index (χ4n) is 3.12. The number of hydrogen-bond donors (Lipinski definition) is 2. The Labute approximate surface area is 196 Å². The van der Waals surface area contributed by atoms with E-state index in [1.54, 1.807) is 14.2 Å². The number of nitrogens with one attached hydrogen (secondary N) is 2. The van der Waals surface area contributed by atoms with E-state index in [1.807, 2.05) is 32.9 Å². The van der Waals surface area contributed by atoms with Crippen LogP contribution >= 0.6 is 24.0 Å². The Hall–Kier alpha value is -1.59. The maximum Gasteiger partial charge on any atom is 0.325 e. The second-order valence-electron chi connectivity index (χ2n) is 7.83. The van der Waals surface area contributed by atoms with Crippen molar-refractivity contribution in [3.05, 3.63) is 29.8 Å². The second kappa shape index (κ2) is 13.0. The van der Waals surface area contributed by atoms with Crippen molar-refractivity contribution in [1.29, 1.82) is 0 Å². The number of esters is 1. The summed E-state index contributed by atoms with van der Waals surface area (Å²) in [5.41, 5.74) is 0.675. The van der Waals surface area contributed by atoms with E-state index in [2.05, 4.69) is 32.7 Å². The van der Waals surface area contributed by atoms with Crippen LogP contribution in [0.1, 0.15) is 32.4 Å². The Morgan fingerprint density at radius 2 is 1.83 bits per heavy atom. The van der Waals surface area contributed by atoms with Gasteiger partial charge in [-0.05, 0) is 38.5 Å². The molecular formula is C21H35IN4O4. The molecule has 0 bridgehead atoms. The maximum absolute atomic E-state index is 11.9. The summed E-state index contributed by atoms with van der Waals surface area (Å²) in [6, 6.07) is 8.25. The van der Waals surface area contributed by atoms with E-state index in [-0.39, 0.29) is 42.5 Å². The van der Waals surface area contributed by atoms with E-state index in [1.165, 1.54) is 5.56 Å². The van der Waals surface area contributed by atoms with Gasteiger partial charge in [0, 0.05) is 26.7 Å². The molecule has 2 rings (SSSR count). The highest BCUT2D eigenvalue weighted by Crippen LogP contribution is 2.23. The number of nitrogens with zero attached hydrogens (tertiary/aromatic N) is 2. The first-order valence-electron chi connectivity index (χ1n) is 9.94. The van der Waals surface area contributed by atoms with Gasteiger partial charge in [0.15, 0.2) is 5.96 Å². The number of rotatable bonds is 7. The number of aliphatic imine (C=N–C) groups is 1. The van der Waals surface area contributed by atoms with E-state index >= 15 is 0 Å². The fraction of sp³-hybridized carbons (Fsp3) is 0.619. The van der Waals surface area contributed by atoms with Gasteiger partial charge in [-0.15, -0.1) is 24.0 Å². The topological polar surface area (TPSA) is 84.4 Å². The van der Waals surface area contributed by atoms with Gasteiger partial charge in [-0.25, -0.2) is 0 Å². The molecule has 1 heterocycles. The average molecular weight is 534 g/mol. The first kappa shape index (κ1) is 26.4. The molecule has 1 aromatic rings. The van der Waals surface area contributed by atoms with E-state index in [0.29, 0.717) is 12.5 Å². The normalized spacial score (nSPS) is 16.2. The van der Waals surface area contributed by atoms with Gasteiger partial charge >= 0.3 is 5.97 Å². The summed E-state index contributed by atoms with van der Waals surface area (Å²) in [5, 5.41) is 6.35. The molecule has 1 fully saturated rings. The van der Waals surface area contributed by atoms with Gasteiger partial charge in [0.1, 0.15) is 17.9 Å². The molecule has 1 aromatic carbocycles. The lowest BCUT2D eigenvalue weighted by Crippen LogP contribution is -2.47. The quantitative estimate of drug-likeness (QED) is 0.240. The molecule has 9 heteroatoms. The van der Waals surface area contributed by atoms with Gasteiger partial charge in [-0.2, -0.15) is 0 Å². The lowest BCUT2D eigenvalue weighted by atomic mass is 10.0. The summed E-state index contributed by atoms with van der Waals surface area (Å²) in [6.07, 6.45) is 0. The van der Waals surface area contributed by atoms with Gasteiger partial charge < -0.3 is 24.8 Å². The number of benzene rings is 1. The zero-order valence-electron chi connectivity index (χ0n) is 18.6. The third-order valence-electron chi connectivity index (χ3n) is 4.49. The molecule has 0 aromatic heterocycles. The van der Waals surface area contributed by atoms with Gasteiger partial charge in [0.25, 0.3) is 0 Å². The minimum atomic E-state index is -0.508. The van der Waals surface area contributed by atoms with E-state index < -0.39 is 5.60 Å². The first-order valence-corrected chi connectivity index (χ1v) is 9.94. The van der Waals surface area contributed by atoms with Crippen molar-refractivity contribution in [3.8, 4) is 5.75 Å². The van der Waals surface area contributed by atoms with Gasteiger partial charge in [0.2, 0.25) is 0 Å². The fourth-order valence-corrected chi connectivity index (χ4v) is 3.12. The Morgan fingerprint density at radius 1 is 1.20 bits per heavy atom. The van der Waals surface area contributed by atoms with Crippen LogP contribution in [-0.2, 0) is 14.3 Å². The number of guanidine groups is 1. The van der Waals surface area contributed by atoms with Gasteiger partial charge in [-0.1, -0.05) is 12.1 Å². The lowest BCUT2D eigenvalue weighted by Gasteiger charge is -2.35. The van der Waals surface area contributed by atoms with Crippen LogP contribution in [0.15, 0.2) is 29.3 Å². The Kier molecular flexibility index (Phi) is 11.4. The van der Waals surface area contributed by atoms with Crippen molar-refractivity contribution < 1.29 is 19.0 Å². The SMILES string of the molecule is CN=C(NCC(=O)OC(C)(C)C)NCC(c1ccc(OC)cc1)N1CCOCC1.I. The second-order valence-corrected chi connectivity index (χ2v) is 7.83. The number of hydrogen-bond acceptors (Lipinski definition) is 6. The average Bonchev–Trinajstić information content (AvgIpc) is 2.70. The number of halogens is 1. The molecule has 1 atom stereocenters. The number of ether oxygens (including phenoxy) is 3. The Bertz CT molecular complexity index is 671. The Balaban J connectivity index is 0.00000450. The van der Waals surface area contributed by atoms with Crippen LogP contribution in [0.25, 0.3) is 0 Å². The molecule has 8 nitrogen and oxygen atoms in total. The number of morpholine rings is 1. The van der Waals surface area contributed by atoms with Crippen LogP contribution < -0.4 is 15.4 Å². The molecule has 2 N–H and O–H groups in total. The van der Waals surface area contributed by atoms with Crippen LogP contribution in [-0.4, -0.2) is 76.0 Å². The van der Waals surface area contributed by atoms with Crippen LogP contribution in [0, 0.1) is 0 Å². The zero-order chi connectivity index (χ0) is 21.3. The van der Waals surface area contributed by atoms with Crippen LogP contribution in [0.4, 0.5) is 0 Å². The van der Waals surface area contributed by atoms with Crippen molar-refractivity contribution in [1.82, 2.24) is 15.5 Å². The predicted molar refractivity (Wildman–Crippen MR) is 129 cm³/mol. The summed E-state index contributed by atoms with van der Waals surface area (Å²) < 4.78 is 16.1. The molecule has 0 saturated carbocycles. The molecule has 0 amide bonds. The molecule has 0 radical (unpaired) electrons. The first-order chi connectivity index (χ1) is 13.8. The summed E-state index contributed by atoms with van der Waals surface area (Å²) in [6.45, 7) is 9.41. The molecule has 1 aliphatic heterocycles. The number of carbonyl (C=O) groups is 1. The van der Waals surface area contributed by atoms with E-state index in [4.69, 9.17) is 14.2 Å². The number of carbonyl (C=O) groups excluding carboxylic acids is 1. The van der Waals surface area contributed by atoms with Crippen molar-refractivity contribution in [2.45, 2.75) is 32.4 Å². The lowest BCUT2D eigenvalue weighted by molar-refractivity contribution is -0.153.